The largest absolute Gasteiger partial charge is 0.395 e. The van der Waals surface area contributed by atoms with Crippen molar-refractivity contribution in [1.82, 2.24) is 4.31 Å². The molecule has 0 unspecified atom stereocenters. The van der Waals surface area contributed by atoms with Gasteiger partial charge in [0.15, 0.2) is 4.90 Å². The number of aliphatic hydroxyl groups excluding tert-OH is 1. The third-order valence-electron chi connectivity index (χ3n) is 2.24. The number of nitrogens with zero attached hydrogens (tertiary/aromatic N) is 1. The van der Waals surface area contributed by atoms with Gasteiger partial charge in [-0.1, -0.05) is 6.08 Å². The lowest BCUT2D eigenvalue weighted by atomic mass is 10.3. The fourth-order valence-electron chi connectivity index (χ4n) is 1.47. The van der Waals surface area contributed by atoms with E-state index < -0.39 is 39.0 Å². The summed E-state index contributed by atoms with van der Waals surface area (Å²) in [5.41, 5.74) is 0. The van der Waals surface area contributed by atoms with Crippen molar-refractivity contribution in [2.24, 2.45) is 0 Å². The second-order valence-electron chi connectivity index (χ2n) is 3.57. The summed E-state index contributed by atoms with van der Waals surface area (Å²) in [4.78, 5) is -1.25. The van der Waals surface area contributed by atoms with Crippen LogP contribution in [0.25, 0.3) is 0 Å². The molecule has 1 aromatic carbocycles. The molecule has 1 N–H and O–H groups in total. The van der Waals surface area contributed by atoms with Crippen LogP contribution in [0.4, 0.5) is 13.2 Å². The zero-order valence-electron chi connectivity index (χ0n) is 9.81. The van der Waals surface area contributed by atoms with E-state index in [1.165, 1.54) is 6.08 Å². The predicted octanol–water partition coefficient (Wildman–Crippen LogP) is 1.27. The van der Waals surface area contributed by atoms with E-state index in [4.69, 9.17) is 5.11 Å². The second-order valence-corrected chi connectivity index (χ2v) is 5.45. The molecule has 19 heavy (non-hydrogen) atoms. The maximum Gasteiger partial charge on any atom is 0.249 e. The first kappa shape index (κ1) is 15.7. The topological polar surface area (TPSA) is 57.6 Å². The molecular weight excluding hydrogens is 283 g/mol. The van der Waals surface area contributed by atoms with Gasteiger partial charge >= 0.3 is 0 Å². The van der Waals surface area contributed by atoms with Gasteiger partial charge in [-0.15, -0.1) is 6.58 Å². The molecule has 0 amide bonds. The van der Waals surface area contributed by atoms with Crippen molar-refractivity contribution in [2.75, 3.05) is 19.7 Å². The summed E-state index contributed by atoms with van der Waals surface area (Å²) in [5.74, 6) is -4.26. The molecular formula is C11H12F3NO3S. The first-order valence-electron chi connectivity index (χ1n) is 5.21. The minimum atomic E-state index is -4.52. The van der Waals surface area contributed by atoms with Gasteiger partial charge < -0.3 is 5.11 Å². The Morgan fingerprint density at radius 1 is 1.26 bits per heavy atom. The Kier molecular flexibility index (Phi) is 5.10. The van der Waals surface area contributed by atoms with Gasteiger partial charge in [0.25, 0.3) is 0 Å². The van der Waals surface area contributed by atoms with E-state index in [0.29, 0.717) is 4.31 Å². The van der Waals surface area contributed by atoms with E-state index in [1.54, 1.807) is 0 Å². The molecule has 0 radical (unpaired) electrons. The minimum absolute atomic E-state index is 0.237. The molecule has 0 aliphatic heterocycles. The van der Waals surface area contributed by atoms with Crippen LogP contribution in [0.1, 0.15) is 0 Å². The molecule has 0 fully saturated rings. The monoisotopic (exact) mass is 295 g/mol. The summed E-state index contributed by atoms with van der Waals surface area (Å²) in [6.07, 6.45) is 1.20. The molecule has 8 heteroatoms. The van der Waals surface area contributed by atoms with Crippen LogP contribution in [0.5, 0.6) is 0 Å². The summed E-state index contributed by atoms with van der Waals surface area (Å²) in [6.45, 7) is 2.19. The number of aliphatic hydroxyl groups is 1. The van der Waals surface area contributed by atoms with Crippen LogP contribution in [0, 0.1) is 17.5 Å². The quantitative estimate of drug-likeness (QED) is 0.804. The molecule has 4 nitrogen and oxygen atoms in total. The number of hydrogen-bond acceptors (Lipinski definition) is 3. The van der Waals surface area contributed by atoms with Gasteiger partial charge in [0.2, 0.25) is 10.0 Å². The molecule has 1 aromatic rings. The van der Waals surface area contributed by atoms with Crippen molar-refractivity contribution in [1.29, 1.82) is 0 Å². The minimum Gasteiger partial charge on any atom is -0.395 e. The number of rotatable bonds is 6. The normalized spacial score (nSPS) is 11.8. The Bertz CT molecular complexity index is 552. The van der Waals surface area contributed by atoms with Gasteiger partial charge in [0.1, 0.15) is 17.5 Å². The highest BCUT2D eigenvalue weighted by Gasteiger charge is 2.30. The van der Waals surface area contributed by atoms with Crippen LogP contribution in [0.2, 0.25) is 0 Å². The summed E-state index contributed by atoms with van der Waals surface area (Å²) in [5, 5.41) is 8.77. The van der Waals surface area contributed by atoms with Crippen molar-refractivity contribution < 1.29 is 26.7 Å². The second kappa shape index (κ2) is 6.18. The molecule has 0 aromatic heterocycles. The lowest BCUT2D eigenvalue weighted by molar-refractivity contribution is 0.259. The van der Waals surface area contributed by atoms with E-state index in [-0.39, 0.29) is 25.2 Å². The van der Waals surface area contributed by atoms with Gasteiger partial charge in [-0.25, -0.2) is 21.6 Å². The fourth-order valence-corrected chi connectivity index (χ4v) is 2.96. The molecule has 0 spiro atoms. The molecule has 0 aliphatic rings. The number of halogens is 3. The van der Waals surface area contributed by atoms with Crippen molar-refractivity contribution in [3.05, 3.63) is 42.2 Å². The maximum atomic E-state index is 13.5. The van der Waals surface area contributed by atoms with E-state index in [2.05, 4.69) is 6.58 Å². The van der Waals surface area contributed by atoms with Gasteiger partial charge in [-0.3, -0.25) is 0 Å². The zero-order chi connectivity index (χ0) is 14.6. The maximum absolute atomic E-state index is 13.5. The zero-order valence-corrected chi connectivity index (χ0v) is 10.6. The molecule has 0 saturated heterocycles. The van der Waals surface area contributed by atoms with Gasteiger partial charge in [-0.05, 0) is 0 Å². The highest BCUT2D eigenvalue weighted by molar-refractivity contribution is 7.89. The van der Waals surface area contributed by atoms with Crippen LogP contribution in [-0.4, -0.2) is 37.5 Å². The fraction of sp³-hybridized carbons (Fsp3) is 0.273. The first-order valence-corrected chi connectivity index (χ1v) is 6.65. The van der Waals surface area contributed by atoms with E-state index in [9.17, 15) is 21.6 Å². The molecule has 0 aliphatic carbocycles. The number of benzene rings is 1. The molecule has 0 atom stereocenters. The van der Waals surface area contributed by atoms with Crippen LogP contribution < -0.4 is 0 Å². The summed E-state index contributed by atoms with van der Waals surface area (Å²) >= 11 is 0. The average molecular weight is 295 g/mol. The molecule has 106 valence electrons. The third-order valence-corrected chi connectivity index (χ3v) is 4.16. The van der Waals surface area contributed by atoms with E-state index in [1.807, 2.05) is 0 Å². The SMILES string of the molecule is C=CCN(CCO)S(=O)(=O)c1c(F)cc(F)cc1F. The van der Waals surface area contributed by atoms with Crippen LogP contribution >= 0.6 is 0 Å². The van der Waals surface area contributed by atoms with Gasteiger partial charge in [0.05, 0.1) is 6.61 Å². The highest BCUT2D eigenvalue weighted by atomic mass is 32.2. The van der Waals surface area contributed by atoms with Crippen molar-refractivity contribution in [3.8, 4) is 0 Å². The van der Waals surface area contributed by atoms with Crippen molar-refractivity contribution in [2.45, 2.75) is 4.90 Å². The Labute approximate surface area is 108 Å². The Morgan fingerprint density at radius 3 is 2.21 bits per heavy atom. The summed E-state index contributed by atoms with van der Waals surface area (Å²) in [6, 6.07) is 0.558. The van der Waals surface area contributed by atoms with Crippen LogP contribution in [-0.2, 0) is 10.0 Å². The third kappa shape index (κ3) is 3.34. The molecule has 0 saturated carbocycles. The smallest absolute Gasteiger partial charge is 0.249 e. The van der Waals surface area contributed by atoms with E-state index in [0.717, 1.165) is 0 Å². The Balaban J connectivity index is 3.37. The molecule has 1 rings (SSSR count). The van der Waals surface area contributed by atoms with Gasteiger partial charge in [-0.2, -0.15) is 4.31 Å². The standard InChI is InChI=1S/C11H12F3NO3S/c1-2-3-15(4-5-16)19(17,18)11-9(13)6-8(12)7-10(11)14/h2,6-7,16H,1,3-5H2. The molecule has 0 bridgehead atoms. The van der Waals surface area contributed by atoms with Crippen molar-refractivity contribution >= 4 is 10.0 Å². The predicted molar refractivity (Wildman–Crippen MR) is 62.4 cm³/mol. The number of hydrogen-bond donors (Lipinski definition) is 1. The van der Waals surface area contributed by atoms with Crippen molar-refractivity contribution in [3.63, 3.8) is 0 Å². The lowest BCUT2D eigenvalue weighted by Crippen LogP contribution is -2.34. The average Bonchev–Trinajstić information content (AvgIpc) is 2.26. The molecule has 0 heterocycles. The van der Waals surface area contributed by atoms with Crippen LogP contribution in [0.3, 0.4) is 0 Å². The summed E-state index contributed by atoms with van der Waals surface area (Å²) in [7, 11) is -4.52. The van der Waals surface area contributed by atoms with Crippen LogP contribution in [0.15, 0.2) is 29.7 Å². The highest BCUT2D eigenvalue weighted by Crippen LogP contribution is 2.23. The first-order chi connectivity index (χ1) is 8.84. The van der Waals surface area contributed by atoms with E-state index >= 15 is 0 Å². The summed E-state index contributed by atoms with van der Waals surface area (Å²) < 4.78 is 64.4. The lowest BCUT2D eigenvalue weighted by Gasteiger charge is -2.20. The Hall–Kier alpha value is -1.38. The van der Waals surface area contributed by atoms with Gasteiger partial charge in [0, 0.05) is 25.2 Å². The number of sulfonamides is 1. The Morgan fingerprint density at radius 2 is 1.79 bits per heavy atom.